The Bertz CT molecular complexity index is 2670. The molecule has 0 fully saturated rings. The molecule has 2 aromatic heterocycles. The molecule has 302 valence electrons. The summed E-state index contributed by atoms with van der Waals surface area (Å²) in [4.78, 5) is 9.61. The number of pyridine rings is 1. The van der Waals surface area contributed by atoms with Crippen LogP contribution >= 0.6 is 0 Å². The van der Waals surface area contributed by atoms with E-state index in [9.17, 15) is 0 Å². The minimum Gasteiger partial charge on any atom is -0.457 e. The van der Waals surface area contributed by atoms with Gasteiger partial charge in [0, 0.05) is 52.9 Å². The maximum absolute atomic E-state index is 6.86. The summed E-state index contributed by atoms with van der Waals surface area (Å²) in [5.41, 5.74) is 12.1. The first-order valence-corrected chi connectivity index (χ1v) is 21.0. The van der Waals surface area contributed by atoms with E-state index in [1.807, 2.05) is 6.20 Å². The molecule has 1 aliphatic heterocycles. The van der Waals surface area contributed by atoms with Crippen molar-refractivity contribution in [3.05, 3.63) is 156 Å². The van der Waals surface area contributed by atoms with Crippen molar-refractivity contribution in [1.82, 2.24) is 9.55 Å². The number of hydrogen-bond donors (Lipinski definition) is 0. The molecule has 5 nitrogen and oxygen atoms in total. The standard InChI is InChI=1S/C54H60N4O/c1-51(2,3)38-19-17-36(18-20-38)37-23-24-55-50(27-37)58-48-16-14-13-15-46(48)47-22-21-44(34-49(47)58)59-45-32-41(54(10,11)12)31-43(33-45)57-26-25-56(35-57)42-29-39(52(4,5)6)28-40(30-42)53(7,8)9/h13-34H,35H2,1-12H3. The fraction of sp³-hybridized carbons (Fsp3) is 0.315. The lowest BCUT2D eigenvalue weighted by atomic mass is 9.80. The monoisotopic (exact) mass is 780 g/mol. The minimum atomic E-state index is -0.0833. The van der Waals surface area contributed by atoms with Crippen molar-refractivity contribution >= 4 is 33.2 Å². The van der Waals surface area contributed by atoms with E-state index in [1.165, 1.54) is 38.9 Å². The Hall–Kier alpha value is -5.81. The molecule has 0 amide bonds. The van der Waals surface area contributed by atoms with Gasteiger partial charge in [0.1, 0.15) is 17.3 Å². The van der Waals surface area contributed by atoms with Gasteiger partial charge in [-0.05, 0) is 110 Å². The summed E-state index contributed by atoms with van der Waals surface area (Å²) in [6.07, 6.45) is 6.31. The van der Waals surface area contributed by atoms with Crippen LogP contribution in [0.1, 0.15) is 105 Å². The van der Waals surface area contributed by atoms with Gasteiger partial charge in [0.15, 0.2) is 0 Å². The summed E-state index contributed by atoms with van der Waals surface area (Å²) in [5, 5.41) is 2.34. The quantitative estimate of drug-likeness (QED) is 0.168. The average Bonchev–Trinajstić information content (AvgIpc) is 3.80. The van der Waals surface area contributed by atoms with Crippen LogP contribution in [0.2, 0.25) is 0 Å². The number of anilines is 2. The number of nitrogens with zero attached hydrogens (tertiary/aromatic N) is 4. The summed E-state index contributed by atoms with van der Waals surface area (Å²) in [7, 11) is 0. The molecule has 0 radical (unpaired) electrons. The summed E-state index contributed by atoms with van der Waals surface area (Å²) in [5.74, 6) is 2.46. The average molecular weight is 781 g/mol. The predicted molar refractivity (Wildman–Crippen MR) is 251 cm³/mol. The molecule has 0 spiro atoms. The Morgan fingerprint density at radius 3 is 1.63 bits per heavy atom. The van der Waals surface area contributed by atoms with E-state index in [1.54, 1.807) is 0 Å². The van der Waals surface area contributed by atoms with Crippen LogP contribution in [0.4, 0.5) is 11.4 Å². The minimum absolute atomic E-state index is 0.0449. The number of benzene rings is 5. The molecule has 7 aromatic rings. The van der Waals surface area contributed by atoms with Gasteiger partial charge in [-0.1, -0.05) is 132 Å². The Labute approximate surface area is 352 Å². The van der Waals surface area contributed by atoms with E-state index < -0.39 is 0 Å². The highest BCUT2D eigenvalue weighted by atomic mass is 16.5. The molecule has 0 saturated carbocycles. The van der Waals surface area contributed by atoms with Gasteiger partial charge in [-0.3, -0.25) is 4.57 Å². The van der Waals surface area contributed by atoms with Crippen molar-refractivity contribution in [2.24, 2.45) is 0 Å². The van der Waals surface area contributed by atoms with Gasteiger partial charge in [0.25, 0.3) is 0 Å². The van der Waals surface area contributed by atoms with Gasteiger partial charge in [-0.25, -0.2) is 4.98 Å². The number of ether oxygens (including phenoxy) is 1. The van der Waals surface area contributed by atoms with Crippen LogP contribution in [-0.2, 0) is 21.7 Å². The maximum Gasteiger partial charge on any atom is 0.138 e. The van der Waals surface area contributed by atoms with E-state index in [4.69, 9.17) is 9.72 Å². The fourth-order valence-corrected chi connectivity index (χ4v) is 7.92. The molecule has 1 aliphatic rings. The zero-order valence-corrected chi connectivity index (χ0v) is 37.1. The van der Waals surface area contributed by atoms with Crippen LogP contribution < -0.4 is 14.5 Å². The van der Waals surface area contributed by atoms with Crippen molar-refractivity contribution < 1.29 is 4.74 Å². The van der Waals surface area contributed by atoms with Gasteiger partial charge in [-0.15, -0.1) is 0 Å². The highest BCUT2D eigenvalue weighted by molar-refractivity contribution is 6.09. The van der Waals surface area contributed by atoms with Crippen LogP contribution in [0.15, 0.2) is 134 Å². The molecular weight excluding hydrogens is 721 g/mol. The van der Waals surface area contributed by atoms with Crippen LogP contribution in [0.25, 0.3) is 38.8 Å². The van der Waals surface area contributed by atoms with Crippen LogP contribution in [0.5, 0.6) is 11.5 Å². The predicted octanol–water partition coefficient (Wildman–Crippen LogP) is 14.6. The molecule has 0 atom stereocenters. The molecule has 59 heavy (non-hydrogen) atoms. The highest BCUT2D eigenvalue weighted by Gasteiger charge is 2.25. The first kappa shape index (κ1) is 40.0. The molecule has 5 aromatic carbocycles. The van der Waals surface area contributed by atoms with Gasteiger partial charge in [0.05, 0.1) is 17.7 Å². The van der Waals surface area contributed by atoms with Crippen molar-refractivity contribution in [2.45, 2.75) is 105 Å². The first-order valence-electron chi connectivity index (χ1n) is 21.0. The topological polar surface area (TPSA) is 33.5 Å². The summed E-state index contributed by atoms with van der Waals surface area (Å²) >= 11 is 0. The normalized spacial score (nSPS) is 13.9. The molecule has 0 N–H and O–H groups in total. The maximum atomic E-state index is 6.86. The molecule has 3 heterocycles. The lowest BCUT2D eigenvalue weighted by Crippen LogP contribution is -2.26. The third kappa shape index (κ3) is 8.13. The number of fused-ring (bicyclic) bond motifs is 3. The Kier molecular flexibility index (Phi) is 9.81. The number of para-hydroxylation sites is 1. The highest BCUT2D eigenvalue weighted by Crippen LogP contribution is 2.40. The largest absolute Gasteiger partial charge is 0.457 e. The fourth-order valence-electron chi connectivity index (χ4n) is 7.92. The smallest absolute Gasteiger partial charge is 0.138 e. The molecular formula is C54H60N4O. The summed E-state index contributed by atoms with van der Waals surface area (Å²) < 4.78 is 9.13. The lowest BCUT2D eigenvalue weighted by Gasteiger charge is -2.29. The first-order chi connectivity index (χ1) is 27.7. The van der Waals surface area contributed by atoms with Crippen LogP contribution in [0, 0.1) is 0 Å². The number of hydrogen-bond acceptors (Lipinski definition) is 4. The third-order valence-corrected chi connectivity index (χ3v) is 11.7. The molecule has 0 bridgehead atoms. The van der Waals surface area contributed by atoms with Gasteiger partial charge in [-0.2, -0.15) is 0 Å². The van der Waals surface area contributed by atoms with Gasteiger partial charge < -0.3 is 14.5 Å². The van der Waals surface area contributed by atoms with Crippen molar-refractivity contribution in [3.63, 3.8) is 0 Å². The van der Waals surface area contributed by atoms with Crippen LogP contribution in [0.3, 0.4) is 0 Å². The van der Waals surface area contributed by atoms with E-state index in [0.717, 1.165) is 45.0 Å². The summed E-state index contributed by atoms with van der Waals surface area (Å²) in [6.45, 7) is 28.0. The molecule has 5 heteroatoms. The number of aromatic nitrogens is 2. The summed E-state index contributed by atoms with van der Waals surface area (Å²) in [6, 6.07) is 42.0. The van der Waals surface area contributed by atoms with Crippen molar-refractivity contribution in [1.29, 1.82) is 0 Å². The molecule has 0 aliphatic carbocycles. The Balaban J connectivity index is 1.14. The van der Waals surface area contributed by atoms with E-state index in [2.05, 4.69) is 225 Å². The second kappa shape index (κ2) is 14.5. The van der Waals surface area contributed by atoms with E-state index in [0.29, 0.717) is 6.67 Å². The lowest BCUT2D eigenvalue weighted by molar-refractivity contribution is 0.479. The third-order valence-electron chi connectivity index (χ3n) is 11.7. The second-order valence-corrected chi connectivity index (χ2v) is 20.5. The zero-order valence-electron chi connectivity index (χ0n) is 37.1. The molecule has 0 unspecified atom stereocenters. The van der Waals surface area contributed by atoms with Gasteiger partial charge >= 0.3 is 0 Å². The zero-order chi connectivity index (χ0) is 42.1. The van der Waals surface area contributed by atoms with Crippen LogP contribution in [-0.4, -0.2) is 16.2 Å². The van der Waals surface area contributed by atoms with Crippen molar-refractivity contribution in [3.8, 4) is 28.4 Å². The van der Waals surface area contributed by atoms with Crippen molar-refractivity contribution in [2.75, 3.05) is 16.5 Å². The SMILES string of the molecule is CC(C)(C)c1ccc(-c2ccnc(-n3c4ccccc4c4ccc(Oc5cc(N6C=CN(c7cc(C(C)(C)C)cc(C(C)(C)C)c7)C6)cc(C(C)(C)C)c5)cc43)c2)cc1. The van der Waals surface area contributed by atoms with Gasteiger partial charge in [0.2, 0.25) is 0 Å². The molecule has 8 rings (SSSR count). The second-order valence-electron chi connectivity index (χ2n) is 20.5. The number of rotatable bonds is 6. The van der Waals surface area contributed by atoms with E-state index in [-0.39, 0.29) is 21.7 Å². The molecule has 0 saturated heterocycles. The van der Waals surface area contributed by atoms with E-state index >= 15 is 0 Å². The Morgan fingerprint density at radius 2 is 1.02 bits per heavy atom. The Morgan fingerprint density at radius 1 is 0.458 bits per heavy atom.